The van der Waals surface area contributed by atoms with Crippen molar-refractivity contribution in [1.29, 1.82) is 0 Å². The fourth-order valence-electron chi connectivity index (χ4n) is 5.12. The average Bonchev–Trinajstić information content (AvgIpc) is 2.91. The summed E-state index contributed by atoms with van der Waals surface area (Å²) in [5.41, 5.74) is 3.89. The zero-order valence-corrected chi connectivity index (χ0v) is 20.1. The molecule has 5 rings (SSSR count). The second-order valence-electron chi connectivity index (χ2n) is 9.37. The smallest absolute Gasteiger partial charge is 0.255 e. The van der Waals surface area contributed by atoms with Gasteiger partial charge in [-0.3, -0.25) is 14.3 Å². The Morgan fingerprint density at radius 2 is 1.76 bits per heavy atom. The first-order valence-electron chi connectivity index (χ1n) is 12.3. The normalized spacial score (nSPS) is 19.2. The Balaban J connectivity index is 1.34. The van der Waals surface area contributed by atoms with E-state index in [1.54, 1.807) is 30.1 Å². The maximum absolute atomic E-state index is 12.7. The zero-order chi connectivity index (χ0) is 23.5. The predicted molar refractivity (Wildman–Crippen MR) is 135 cm³/mol. The van der Waals surface area contributed by atoms with E-state index in [2.05, 4.69) is 46.1 Å². The van der Waals surface area contributed by atoms with E-state index in [9.17, 15) is 4.79 Å². The highest BCUT2D eigenvalue weighted by Crippen LogP contribution is 2.30. The van der Waals surface area contributed by atoms with Gasteiger partial charge in [0.25, 0.3) is 5.56 Å². The first-order chi connectivity index (χ1) is 16.6. The Kier molecular flexibility index (Phi) is 6.63. The lowest BCUT2D eigenvalue weighted by molar-refractivity contribution is 0.0390. The van der Waals surface area contributed by atoms with Gasteiger partial charge in [-0.1, -0.05) is 31.4 Å². The second-order valence-corrected chi connectivity index (χ2v) is 9.37. The number of morpholine rings is 1. The number of hydrogen-bond donors (Lipinski definition) is 0. The quantitative estimate of drug-likeness (QED) is 0.570. The summed E-state index contributed by atoms with van der Waals surface area (Å²) in [6, 6.07) is 14.8. The third kappa shape index (κ3) is 4.71. The van der Waals surface area contributed by atoms with Gasteiger partial charge in [0.2, 0.25) is 5.95 Å². The molecule has 0 bridgehead atoms. The number of nitrogens with zero attached hydrogens (tertiary/aromatic N) is 5. The summed E-state index contributed by atoms with van der Waals surface area (Å²) in [7, 11) is 3.99. The monoisotopic (exact) mass is 459 g/mol. The van der Waals surface area contributed by atoms with E-state index in [0.29, 0.717) is 37.4 Å². The Morgan fingerprint density at radius 3 is 2.50 bits per heavy atom. The fourth-order valence-corrected chi connectivity index (χ4v) is 5.12. The van der Waals surface area contributed by atoms with Gasteiger partial charge in [-0.25, -0.2) is 4.98 Å². The van der Waals surface area contributed by atoms with Crippen molar-refractivity contribution in [3.05, 3.63) is 70.8 Å². The van der Waals surface area contributed by atoms with Gasteiger partial charge in [-0.15, -0.1) is 0 Å². The van der Waals surface area contributed by atoms with E-state index in [-0.39, 0.29) is 11.7 Å². The van der Waals surface area contributed by atoms with Crippen molar-refractivity contribution < 1.29 is 4.74 Å². The van der Waals surface area contributed by atoms with Gasteiger partial charge in [0.1, 0.15) is 6.10 Å². The fraction of sp³-hybridized carbons (Fsp3) is 0.444. The minimum absolute atomic E-state index is 0.0655. The number of aromatic nitrogens is 3. The highest BCUT2D eigenvalue weighted by Gasteiger charge is 2.26. The van der Waals surface area contributed by atoms with E-state index in [1.165, 1.54) is 37.8 Å². The number of benzene rings is 1. The topological polar surface area (TPSA) is 63.5 Å². The van der Waals surface area contributed by atoms with Crippen LogP contribution >= 0.6 is 0 Å². The molecule has 0 unspecified atom stereocenters. The van der Waals surface area contributed by atoms with E-state index >= 15 is 0 Å². The molecule has 1 aliphatic heterocycles. The predicted octanol–water partition coefficient (Wildman–Crippen LogP) is 4.19. The first kappa shape index (κ1) is 22.6. The van der Waals surface area contributed by atoms with Crippen LogP contribution < -0.4 is 15.4 Å². The number of anilines is 2. The molecule has 1 saturated heterocycles. The van der Waals surface area contributed by atoms with Crippen LogP contribution in [0.3, 0.4) is 0 Å². The van der Waals surface area contributed by atoms with Crippen molar-refractivity contribution in [1.82, 2.24) is 14.5 Å². The lowest BCUT2D eigenvalue weighted by atomic mass is 9.94. The van der Waals surface area contributed by atoms with Crippen molar-refractivity contribution >= 4 is 11.6 Å². The summed E-state index contributed by atoms with van der Waals surface area (Å²) in [4.78, 5) is 26.2. The molecule has 178 valence electrons. The molecule has 0 spiro atoms. The van der Waals surface area contributed by atoms with E-state index in [1.807, 2.05) is 12.1 Å². The molecule has 0 N–H and O–H groups in total. The summed E-state index contributed by atoms with van der Waals surface area (Å²) in [6.07, 6.45) is 9.96. The lowest BCUT2D eigenvalue weighted by Crippen LogP contribution is -2.41. The van der Waals surface area contributed by atoms with Crippen LogP contribution in [-0.4, -0.2) is 47.3 Å². The molecule has 1 aromatic carbocycles. The van der Waals surface area contributed by atoms with Gasteiger partial charge in [-0.05, 0) is 42.7 Å². The molecule has 1 atom stereocenters. The van der Waals surface area contributed by atoms with E-state index in [4.69, 9.17) is 9.72 Å². The van der Waals surface area contributed by atoms with Crippen molar-refractivity contribution in [2.24, 2.45) is 7.05 Å². The Labute approximate surface area is 201 Å². The van der Waals surface area contributed by atoms with Crippen LogP contribution in [0.15, 0.2) is 59.7 Å². The summed E-state index contributed by atoms with van der Waals surface area (Å²) < 4.78 is 7.76. The molecule has 0 amide bonds. The van der Waals surface area contributed by atoms with E-state index in [0.717, 1.165) is 11.1 Å². The summed E-state index contributed by atoms with van der Waals surface area (Å²) in [5.74, 6) is 0.668. The maximum atomic E-state index is 12.7. The van der Waals surface area contributed by atoms with Crippen LogP contribution in [0.4, 0.5) is 11.6 Å². The second kappa shape index (κ2) is 9.97. The Morgan fingerprint density at radius 1 is 1.03 bits per heavy atom. The zero-order valence-electron chi connectivity index (χ0n) is 20.1. The van der Waals surface area contributed by atoms with Gasteiger partial charge in [0, 0.05) is 56.4 Å². The summed E-state index contributed by atoms with van der Waals surface area (Å²) in [6.45, 7) is 1.93. The van der Waals surface area contributed by atoms with Gasteiger partial charge in [0.05, 0.1) is 18.8 Å². The van der Waals surface area contributed by atoms with Gasteiger partial charge < -0.3 is 14.5 Å². The van der Waals surface area contributed by atoms with Gasteiger partial charge >= 0.3 is 0 Å². The molecule has 3 aromatic rings. The van der Waals surface area contributed by atoms with E-state index < -0.39 is 0 Å². The van der Waals surface area contributed by atoms with Crippen molar-refractivity contribution in [2.75, 3.05) is 36.5 Å². The third-order valence-corrected chi connectivity index (χ3v) is 7.23. The van der Waals surface area contributed by atoms with Gasteiger partial charge in [0.15, 0.2) is 0 Å². The van der Waals surface area contributed by atoms with Crippen molar-refractivity contribution in [2.45, 2.75) is 44.2 Å². The summed E-state index contributed by atoms with van der Waals surface area (Å²) >= 11 is 0. The highest BCUT2D eigenvalue weighted by molar-refractivity contribution is 5.59. The third-order valence-electron chi connectivity index (χ3n) is 7.23. The number of rotatable bonds is 5. The molecule has 7 nitrogen and oxygen atoms in total. The molecule has 1 saturated carbocycles. The average molecular weight is 460 g/mol. The Hall–Kier alpha value is -3.19. The molecular formula is C27H33N5O2. The molecule has 1 aliphatic carbocycles. The molecule has 0 radical (unpaired) electrons. The minimum atomic E-state index is -0.0741. The molecule has 3 heterocycles. The van der Waals surface area contributed by atoms with Crippen LogP contribution in [0.5, 0.6) is 0 Å². The maximum Gasteiger partial charge on any atom is 0.255 e. The van der Waals surface area contributed by atoms with Crippen LogP contribution in [0, 0.1) is 0 Å². The van der Waals surface area contributed by atoms with Crippen LogP contribution in [0.2, 0.25) is 0 Å². The van der Waals surface area contributed by atoms with Crippen molar-refractivity contribution in [3.8, 4) is 11.3 Å². The molecule has 2 fully saturated rings. The molecule has 2 aromatic heterocycles. The highest BCUT2D eigenvalue weighted by atomic mass is 16.5. The van der Waals surface area contributed by atoms with Crippen LogP contribution in [0.1, 0.15) is 43.8 Å². The van der Waals surface area contributed by atoms with Crippen LogP contribution in [0.25, 0.3) is 11.3 Å². The molecule has 2 aliphatic rings. The van der Waals surface area contributed by atoms with Crippen LogP contribution in [-0.2, 0) is 11.8 Å². The number of ether oxygens (including phenoxy) is 1. The first-order valence-corrected chi connectivity index (χ1v) is 12.3. The van der Waals surface area contributed by atoms with Crippen molar-refractivity contribution in [3.63, 3.8) is 0 Å². The molecule has 7 heteroatoms. The lowest BCUT2D eigenvalue weighted by Gasteiger charge is -2.35. The largest absolute Gasteiger partial charge is 0.372 e. The van der Waals surface area contributed by atoms with Gasteiger partial charge in [-0.2, -0.15) is 0 Å². The molecule has 34 heavy (non-hydrogen) atoms. The molecular weight excluding hydrogens is 426 g/mol. The Bertz CT molecular complexity index is 1160. The minimum Gasteiger partial charge on any atom is -0.372 e. The number of hydrogen-bond acceptors (Lipinski definition) is 6. The standard InChI is InChI=1S/C27H33N5O2/c1-30(22-6-4-3-5-7-22)23-10-8-21(9-11-23)25-19-32(16-17-34-25)27-29-24(18-26(33)31(27)2)20-12-14-28-15-13-20/h8-15,18,22,25H,3-7,16-17,19H2,1-2H3/t25-/m1/s1. The summed E-state index contributed by atoms with van der Waals surface area (Å²) in [5, 5.41) is 0. The number of pyridine rings is 1. The SMILES string of the molecule is CN(c1ccc([C@H]2CN(c3nc(-c4ccncc4)cc(=O)n3C)CCO2)cc1)C1CCCCC1.